The third kappa shape index (κ3) is 4.63. The lowest BCUT2D eigenvalue weighted by Gasteiger charge is -2.31. The number of carboxylic acids is 1. The lowest BCUT2D eigenvalue weighted by atomic mass is 9.73. The van der Waals surface area contributed by atoms with Gasteiger partial charge in [-0.2, -0.15) is 0 Å². The molecule has 1 aliphatic rings. The van der Waals surface area contributed by atoms with Gasteiger partial charge in [0.05, 0.1) is 24.6 Å². The first-order valence-electron chi connectivity index (χ1n) is 7.98. The summed E-state index contributed by atoms with van der Waals surface area (Å²) < 4.78 is 5.19. The zero-order valence-electron chi connectivity index (χ0n) is 14.1. The number of hydrogen-bond donors (Lipinski definition) is 3. The number of anilines is 1. The fourth-order valence-electron chi connectivity index (χ4n) is 2.68. The number of ether oxygens (including phenoxy) is 1. The first-order chi connectivity index (χ1) is 11.8. The highest BCUT2D eigenvalue weighted by molar-refractivity contribution is 6.31. The van der Waals surface area contributed by atoms with E-state index >= 15 is 0 Å². The van der Waals surface area contributed by atoms with Crippen molar-refractivity contribution in [1.82, 2.24) is 5.32 Å². The molecule has 2 unspecified atom stereocenters. The number of carbonyl (C=O) groups is 3. The zero-order chi connectivity index (χ0) is 18.6. The summed E-state index contributed by atoms with van der Waals surface area (Å²) in [5.41, 5.74) is 1.31. The molecule has 1 fully saturated rings. The smallest absolute Gasteiger partial charge is 0.307 e. The van der Waals surface area contributed by atoms with E-state index in [1.165, 1.54) is 7.11 Å². The molecule has 2 rings (SSSR count). The Hall–Kier alpha value is -2.28. The van der Waals surface area contributed by atoms with Crippen LogP contribution in [-0.2, 0) is 14.4 Å². The summed E-state index contributed by atoms with van der Waals surface area (Å²) in [4.78, 5) is 34.9. The number of methoxy groups -OCH3 is 1. The van der Waals surface area contributed by atoms with Crippen LogP contribution in [0.2, 0.25) is 5.02 Å². The summed E-state index contributed by atoms with van der Waals surface area (Å²) in [6.45, 7) is 1.96. The second-order valence-corrected chi connectivity index (χ2v) is 6.43. The molecular formula is C17H21ClN2O5. The van der Waals surface area contributed by atoms with Crippen LogP contribution in [0.5, 0.6) is 5.75 Å². The summed E-state index contributed by atoms with van der Waals surface area (Å²) in [5.74, 6) is -2.22. The average molecular weight is 369 g/mol. The van der Waals surface area contributed by atoms with Gasteiger partial charge in [0.15, 0.2) is 0 Å². The fraction of sp³-hybridized carbons (Fsp3) is 0.471. The number of hydrogen-bond acceptors (Lipinski definition) is 4. The summed E-state index contributed by atoms with van der Waals surface area (Å²) in [7, 11) is 1.48. The van der Waals surface area contributed by atoms with Gasteiger partial charge in [-0.3, -0.25) is 14.4 Å². The lowest BCUT2D eigenvalue weighted by molar-refractivity contribution is -0.152. The minimum atomic E-state index is -0.950. The first kappa shape index (κ1) is 19.1. The van der Waals surface area contributed by atoms with Crippen molar-refractivity contribution in [2.24, 2.45) is 11.8 Å². The van der Waals surface area contributed by atoms with Crippen LogP contribution in [0.3, 0.4) is 0 Å². The molecule has 1 aromatic carbocycles. The van der Waals surface area contributed by atoms with E-state index in [1.807, 2.05) is 6.92 Å². The van der Waals surface area contributed by atoms with Gasteiger partial charge < -0.3 is 20.5 Å². The minimum absolute atomic E-state index is 0.0705. The number of carboxylic acid groups (broad SMARTS) is 1. The topological polar surface area (TPSA) is 105 Å². The lowest BCUT2D eigenvalue weighted by Crippen LogP contribution is -2.44. The van der Waals surface area contributed by atoms with E-state index in [9.17, 15) is 14.4 Å². The van der Waals surface area contributed by atoms with E-state index in [2.05, 4.69) is 10.6 Å². The summed E-state index contributed by atoms with van der Waals surface area (Å²) in [6, 6.07) is 3.33. The van der Waals surface area contributed by atoms with Crippen molar-refractivity contribution in [3.63, 3.8) is 0 Å². The molecule has 2 atom stereocenters. The number of rotatable bonds is 7. The molecular weight excluding hydrogens is 348 g/mol. The molecule has 8 heteroatoms. The molecule has 0 spiro atoms. The molecule has 7 nitrogen and oxygen atoms in total. The second-order valence-electron chi connectivity index (χ2n) is 6.02. The standard InChI is InChI=1S/C17H21ClN2O5/c1-9-7-13(14(25-2)8-12(9)18)20-15(21)5-6-19-16(22)10-3-4-11(10)17(23)24/h7-8,10-11H,3-6H2,1-2H3,(H,19,22)(H,20,21)(H,23,24). The predicted molar refractivity (Wildman–Crippen MR) is 92.8 cm³/mol. The highest BCUT2D eigenvalue weighted by Gasteiger charge is 2.41. The first-order valence-corrected chi connectivity index (χ1v) is 8.35. The van der Waals surface area contributed by atoms with Crippen LogP contribution in [0, 0.1) is 18.8 Å². The predicted octanol–water partition coefficient (Wildman–Crippen LogP) is 2.21. The van der Waals surface area contributed by atoms with Crippen LogP contribution in [-0.4, -0.2) is 36.5 Å². The number of amides is 2. The van der Waals surface area contributed by atoms with Crippen molar-refractivity contribution in [2.45, 2.75) is 26.2 Å². The van der Waals surface area contributed by atoms with Crippen molar-refractivity contribution in [3.8, 4) is 5.75 Å². The van der Waals surface area contributed by atoms with Gasteiger partial charge in [0.1, 0.15) is 5.75 Å². The molecule has 0 saturated heterocycles. The van der Waals surface area contributed by atoms with Gasteiger partial charge in [-0.15, -0.1) is 0 Å². The van der Waals surface area contributed by atoms with Gasteiger partial charge in [-0.25, -0.2) is 0 Å². The van der Waals surface area contributed by atoms with E-state index in [-0.39, 0.29) is 24.8 Å². The third-order valence-electron chi connectivity index (χ3n) is 4.33. The monoisotopic (exact) mass is 368 g/mol. The molecule has 1 aliphatic carbocycles. The van der Waals surface area contributed by atoms with Crippen LogP contribution in [0.4, 0.5) is 5.69 Å². The Balaban J connectivity index is 1.82. The molecule has 2 amide bonds. The molecule has 136 valence electrons. The minimum Gasteiger partial charge on any atom is -0.495 e. The summed E-state index contributed by atoms with van der Waals surface area (Å²) >= 11 is 6.02. The maximum absolute atomic E-state index is 12.0. The molecule has 1 saturated carbocycles. The second kappa shape index (κ2) is 8.20. The number of aryl methyl sites for hydroxylation is 1. The molecule has 0 radical (unpaired) electrons. The summed E-state index contributed by atoms with van der Waals surface area (Å²) in [6.07, 6.45) is 1.15. The number of aliphatic carboxylic acids is 1. The Bertz CT molecular complexity index is 692. The average Bonchev–Trinajstić information content (AvgIpc) is 2.48. The Morgan fingerprint density at radius 3 is 2.52 bits per heavy atom. The Kier molecular flexibility index (Phi) is 6.25. The zero-order valence-corrected chi connectivity index (χ0v) is 14.9. The fourth-order valence-corrected chi connectivity index (χ4v) is 2.84. The van der Waals surface area contributed by atoms with Crippen molar-refractivity contribution in [3.05, 3.63) is 22.7 Å². The number of benzene rings is 1. The van der Waals surface area contributed by atoms with E-state index in [0.717, 1.165) is 5.56 Å². The maximum atomic E-state index is 12.0. The molecule has 0 aromatic heterocycles. The van der Waals surface area contributed by atoms with E-state index in [1.54, 1.807) is 12.1 Å². The van der Waals surface area contributed by atoms with Gasteiger partial charge in [0.2, 0.25) is 11.8 Å². The van der Waals surface area contributed by atoms with Gasteiger partial charge in [-0.1, -0.05) is 11.6 Å². The number of carbonyl (C=O) groups excluding carboxylic acids is 2. The molecule has 0 bridgehead atoms. The third-order valence-corrected chi connectivity index (χ3v) is 4.74. The summed E-state index contributed by atoms with van der Waals surface area (Å²) in [5, 5.41) is 14.8. The molecule has 1 aromatic rings. The highest BCUT2D eigenvalue weighted by atomic mass is 35.5. The van der Waals surface area contributed by atoms with E-state index in [0.29, 0.717) is 29.3 Å². The van der Waals surface area contributed by atoms with Crippen LogP contribution in [0.1, 0.15) is 24.8 Å². The molecule has 0 aliphatic heterocycles. The highest BCUT2D eigenvalue weighted by Crippen LogP contribution is 2.34. The quantitative estimate of drug-likeness (QED) is 0.684. The Labute approximate surface area is 150 Å². The number of halogens is 1. The Morgan fingerprint density at radius 2 is 1.96 bits per heavy atom. The van der Waals surface area contributed by atoms with Crippen LogP contribution in [0.25, 0.3) is 0 Å². The normalized spacial score (nSPS) is 18.8. The number of nitrogens with one attached hydrogen (secondary N) is 2. The van der Waals surface area contributed by atoms with Crippen molar-refractivity contribution < 1.29 is 24.2 Å². The van der Waals surface area contributed by atoms with Gasteiger partial charge in [0, 0.05) is 24.1 Å². The van der Waals surface area contributed by atoms with E-state index in [4.69, 9.17) is 21.4 Å². The molecule has 3 N–H and O–H groups in total. The van der Waals surface area contributed by atoms with Crippen LogP contribution < -0.4 is 15.4 Å². The van der Waals surface area contributed by atoms with Crippen LogP contribution >= 0.6 is 11.6 Å². The van der Waals surface area contributed by atoms with Crippen molar-refractivity contribution in [2.75, 3.05) is 19.0 Å². The van der Waals surface area contributed by atoms with Gasteiger partial charge in [0.25, 0.3) is 0 Å². The van der Waals surface area contributed by atoms with Crippen molar-refractivity contribution in [1.29, 1.82) is 0 Å². The Morgan fingerprint density at radius 1 is 1.28 bits per heavy atom. The van der Waals surface area contributed by atoms with Gasteiger partial charge >= 0.3 is 5.97 Å². The molecule has 0 heterocycles. The van der Waals surface area contributed by atoms with Crippen molar-refractivity contribution >= 4 is 35.1 Å². The molecule has 25 heavy (non-hydrogen) atoms. The maximum Gasteiger partial charge on any atom is 0.307 e. The SMILES string of the molecule is COc1cc(Cl)c(C)cc1NC(=O)CCNC(=O)C1CCC1C(=O)O. The van der Waals surface area contributed by atoms with E-state index < -0.39 is 17.8 Å². The largest absolute Gasteiger partial charge is 0.495 e. The van der Waals surface area contributed by atoms with Gasteiger partial charge in [-0.05, 0) is 31.4 Å². The van der Waals surface area contributed by atoms with Crippen LogP contribution in [0.15, 0.2) is 12.1 Å².